The zero-order chi connectivity index (χ0) is 16.8. The van der Waals surface area contributed by atoms with Crippen LogP contribution < -0.4 is 5.32 Å². The zero-order valence-corrected chi connectivity index (χ0v) is 15.3. The number of rotatable bonds is 7. The second-order valence-electron chi connectivity index (χ2n) is 6.66. The van der Waals surface area contributed by atoms with Gasteiger partial charge in [-0.05, 0) is 65.5 Å². The zero-order valence-electron chi connectivity index (χ0n) is 15.3. The Balaban J connectivity index is 2.43. The van der Waals surface area contributed by atoms with Gasteiger partial charge in [-0.2, -0.15) is 0 Å². The van der Waals surface area contributed by atoms with Crippen LogP contribution in [0, 0.1) is 0 Å². The molecule has 23 heavy (non-hydrogen) atoms. The van der Waals surface area contributed by atoms with Crippen molar-refractivity contribution in [3.8, 4) is 0 Å². The molecule has 1 nitrogen and oxygen atoms in total. The van der Waals surface area contributed by atoms with Crippen molar-refractivity contribution in [2.24, 2.45) is 0 Å². The second kappa shape index (κ2) is 8.19. The lowest BCUT2D eigenvalue weighted by Gasteiger charge is -2.22. The van der Waals surface area contributed by atoms with Crippen molar-refractivity contribution in [3.05, 3.63) is 64.7 Å². The van der Waals surface area contributed by atoms with E-state index < -0.39 is 0 Å². The fourth-order valence-electron chi connectivity index (χ4n) is 3.18. The summed E-state index contributed by atoms with van der Waals surface area (Å²) in [6.45, 7) is 9.27. The van der Waals surface area contributed by atoms with E-state index in [0.29, 0.717) is 11.8 Å². The third kappa shape index (κ3) is 4.16. The summed E-state index contributed by atoms with van der Waals surface area (Å²) in [5.41, 5.74) is 7.18. The van der Waals surface area contributed by atoms with Crippen LogP contribution in [0.2, 0.25) is 0 Å². The summed E-state index contributed by atoms with van der Waals surface area (Å²) in [7, 11) is 1.97. The molecule has 0 heterocycles. The number of nitrogens with one attached hydrogen (secondary N) is 1. The first-order chi connectivity index (χ1) is 11.1. The Morgan fingerprint density at radius 2 is 1.35 bits per heavy atom. The highest BCUT2D eigenvalue weighted by Gasteiger charge is 2.16. The van der Waals surface area contributed by atoms with E-state index in [0.717, 1.165) is 6.42 Å². The first kappa shape index (κ1) is 17.6. The summed E-state index contributed by atoms with van der Waals surface area (Å²) in [6, 6.07) is 15.7. The quantitative estimate of drug-likeness (QED) is 0.628. The van der Waals surface area contributed by atoms with Gasteiger partial charge in [0.1, 0.15) is 0 Å². The van der Waals surface area contributed by atoms with Gasteiger partial charge in [0.15, 0.2) is 0 Å². The fourth-order valence-corrected chi connectivity index (χ4v) is 3.18. The molecule has 1 N–H and O–H groups in total. The van der Waals surface area contributed by atoms with Gasteiger partial charge in [0.05, 0.1) is 0 Å². The van der Waals surface area contributed by atoms with Gasteiger partial charge in [-0.25, -0.2) is 0 Å². The van der Waals surface area contributed by atoms with Crippen LogP contribution in [-0.2, 0) is 6.42 Å². The lowest BCUT2D eigenvalue weighted by atomic mass is 9.83. The minimum atomic E-state index is 0.616. The van der Waals surface area contributed by atoms with E-state index in [-0.39, 0.29) is 0 Å². The molecule has 0 saturated heterocycles. The Morgan fingerprint density at radius 1 is 0.826 bits per heavy atom. The number of anilines is 1. The van der Waals surface area contributed by atoms with Crippen LogP contribution >= 0.6 is 0 Å². The Morgan fingerprint density at radius 3 is 1.78 bits per heavy atom. The largest absolute Gasteiger partial charge is 0.388 e. The third-order valence-corrected chi connectivity index (χ3v) is 5.16. The third-order valence-electron chi connectivity index (χ3n) is 5.16. The van der Waals surface area contributed by atoms with Crippen molar-refractivity contribution >= 4 is 5.69 Å². The first-order valence-corrected chi connectivity index (χ1v) is 8.99. The molecule has 0 aliphatic rings. The van der Waals surface area contributed by atoms with Gasteiger partial charge in [0.2, 0.25) is 0 Å². The average molecular weight is 309 g/mol. The molecule has 2 aromatic carbocycles. The predicted octanol–water partition coefficient (Wildman–Crippen LogP) is 6.35. The Kier molecular flexibility index (Phi) is 6.27. The summed E-state index contributed by atoms with van der Waals surface area (Å²) >= 11 is 0. The van der Waals surface area contributed by atoms with E-state index in [4.69, 9.17) is 0 Å². The van der Waals surface area contributed by atoms with Crippen molar-refractivity contribution in [3.63, 3.8) is 0 Å². The number of hydrogen-bond acceptors (Lipinski definition) is 1. The predicted molar refractivity (Wildman–Crippen MR) is 103 cm³/mol. The van der Waals surface area contributed by atoms with E-state index >= 15 is 0 Å². The van der Waals surface area contributed by atoms with Crippen LogP contribution in [0.3, 0.4) is 0 Å². The van der Waals surface area contributed by atoms with Crippen molar-refractivity contribution in [2.75, 3.05) is 12.4 Å². The summed E-state index contributed by atoms with van der Waals surface area (Å²) in [4.78, 5) is 0. The van der Waals surface area contributed by atoms with Gasteiger partial charge in [0, 0.05) is 12.7 Å². The minimum Gasteiger partial charge on any atom is -0.388 e. The molecule has 0 aromatic heterocycles. The highest BCUT2D eigenvalue weighted by Crippen LogP contribution is 2.32. The average Bonchev–Trinajstić information content (AvgIpc) is 2.61. The molecule has 0 spiro atoms. The van der Waals surface area contributed by atoms with Crippen molar-refractivity contribution in [1.82, 2.24) is 0 Å². The van der Waals surface area contributed by atoms with Crippen LogP contribution in [-0.4, -0.2) is 7.05 Å². The highest BCUT2D eigenvalue weighted by molar-refractivity contribution is 5.47. The Hall–Kier alpha value is -1.76. The Bertz CT molecular complexity index is 584. The van der Waals surface area contributed by atoms with Crippen LogP contribution in [0.1, 0.15) is 74.6 Å². The van der Waals surface area contributed by atoms with Gasteiger partial charge in [-0.15, -0.1) is 0 Å². The normalized spacial score (nSPS) is 13.6. The van der Waals surface area contributed by atoms with E-state index in [9.17, 15) is 0 Å². The molecule has 2 rings (SSSR count). The SMILES string of the molecule is CCC(C)c1cccc(C(C)CC)c1Cc1ccc(NC)cc1. The van der Waals surface area contributed by atoms with Crippen molar-refractivity contribution in [1.29, 1.82) is 0 Å². The molecule has 0 radical (unpaired) electrons. The standard InChI is InChI=1S/C22H31N/c1-6-16(3)20-9-8-10-21(17(4)7-2)22(20)15-18-11-13-19(23-5)14-12-18/h8-14,16-17,23H,6-7,15H2,1-5H3. The molecule has 2 unspecified atom stereocenters. The van der Waals surface area contributed by atoms with Crippen molar-refractivity contribution < 1.29 is 0 Å². The maximum atomic E-state index is 3.20. The second-order valence-corrected chi connectivity index (χ2v) is 6.66. The van der Waals surface area contributed by atoms with Gasteiger partial charge < -0.3 is 5.32 Å². The summed E-state index contributed by atoms with van der Waals surface area (Å²) in [5.74, 6) is 1.23. The van der Waals surface area contributed by atoms with Gasteiger partial charge in [0.25, 0.3) is 0 Å². The first-order valence-electron chi connectivity index (χ1n) is 8.99. The molecule has 0 saturated carbocycles. The molecule has 0 bridgehead atoms. The van der Waals surface area contributed by atoms with Crippen molar-refractivity contribution in [2.45, 2.75) is 58.8 Å². The van der Waals surface area contributed by atoms with Gasteiger partial charge in [-0.1, -0.05) is 58.0 Å². The molecule has 124 valence electrons. The lowest BCUT2D eigenvalue weighted by Crippen LogP contribution is -2.06. The summed E-state index contributed by atoms with van der Waals surface area (Å²) in [5, 5.41) is 3.20. The van der Waals surface area contributed by atoms with Crippen LogP contribution in [0.25, 0.3) is 0 Å². The smallest absolute Gasteiger partial charge is 0.0337 e. The summed E-state index contributed by atoms with van der Waals surface area (Å²) < 4.78 is 0. The molecular weight excluding hydrogens is 278 g/mol. The van der Waals surface area contributed by atoms with Gasteiger partial charge in [-0.3, -0.25) is 0 Å². The molecule has 0 aliphatic heterocycles. The molecule has 1 heteroatoms. The molecule has 0 fully saturated rings. The molecular formula is C22H31N. The molecule has 2 aromatic rings. The van der Waals surface area contributed by atoms with E-state index in [1.807, 2.05) is 7.05 Å². The van der Waals surface area contributed by atoms with Crippen LogP contribution in [0.15, 0.2) is 42.5 Å². The number of benzene rings is 2. The monoisotopic (exact) mass is 309 g/mol. The fraction of sp³-hybridized carbons (Fsp3) is 0.455. The maximum Gasteiger partial charge on any atom is 0.0337 e. The lowest BCUT2D eigenvalue weighted by molar-refractivity contribution is 0.696. The maximum absolute atomic E-state index is 3.20. The minimum absolute atomic E-state index is 0.616. The topological polar surface area (TPSA) is 12.0 Å². The highest BCUT2D eigenvalue weighted by atomic mass is 14.8. The van der Waals surface area contributed by atoms with Crippen LogP contribution in [0.5, 0.6) is 0 Å². The Labute approximate surface area is 142 Å². The number of hydrogen-bond donors (Lipinski definition) is 1. The van der Waals surface area contributed by atoms with E-state index in [2.05, 4.69) is 75.5 Å². The van der Waals surface area contributed by atoms with E-state index in [1.165, 1.54) is 35.2 Å². The van der Waals surface area contributed by atoms with E-state index in [1.54, 1.807) is 5.56 Å². The van der Waals surface area contributed by atoms with Crippen LogP contribution in [0.4, 0.5) is 5.69 Å². The molecule has 0 aliphatic carbocycles. The molecule has 2 atom stereocenters. The van der Waals surface area contributed by atoms with Gasteiger partial charge >= 0.3 is 0 Å². The molecule has 0 amide bonds. The summed E-state index contributed by atoms with van der Waals surface area (Å²) in [6.07, 6.45) is 3.41.